The Morgan fingerprint density at radius 1 is 1.00 bits per heavy atom. The fraction of sp³-hybridized carbons (Fsp3) is 0.0909. The molecule has 0 radical (unpaired) electrons. The lowest BCUT2D eigenvalue weighted by Gasteiger charge is -2.30. The third-order valence-electron chi connectivity index (χ3n) is 5.25. The zero-order valence-electron chi connectivity index (χ0n) is 16.5. The van der Waals surface area contributed by atoms with Crippen LogP contribution in [0, 0.1) is 0 Å². The Balaban J connectivity index is 1.57. The molecule has 0 unspecified atom stereocenters. The number of benzene rings is 3. The molecular weight excluding hydrogens is 470 g/mol. The molecule has 1 aliphatic heterocycles. The number of thiazole rings is 1. The van der Waals surface area contributed by atoms with Gasteiger partial charge in [-0.2, -0.15) is 0 Å². The highest BCUT2D eigenvalue weighted by atomic mass is 35.5. The van der Waals surface area contributed by atoms with Crippen molar-refractivity contribution in [2.75, 3.05) is 16.2 Å². The van der Waals surface area contributed by atoms with Gasteiger partial charge in [-0.25, -0.2) is 8.42 Å². The van der Waals surface area contributed by atoms with E-state index in [1.165, 1.54) is 12.1 Å². The van der Waals surface area contributed by atoms with Gasteiger partial charge in [0.15, 0.2) is 0 Å². The molecule has 1 aromatic heterocycles. The van der Waals surface area contributed by atoms with Crippen molar-refractivity contribution >= 4 is 60.5 Å². The zero-order chi connectivity index (χ0) is 22.5. The highest BCUT2D eigenvalue weighted by Crippen LogP contribution is 2.34. The first-order valence-corrected chi connectivity index (χ1v) is 12.3. The molecule has 1 N–H and O–H groups in total. The topological polar surface area (TPSA) is 88.5 Å². The SMILES string of the molecule is O=C1CN(S(=O)(=O)c2ccc3c(c2)sc(=O)n3Cc2ccccc2Cl)c2ccccc2N1. The van der Waals surface area contributed by atoms with Gasteiger partial charge in [-0.15, -0.1) is 0 Å². The number of amides is 1. The number of para-hydroxylation sites is 2. The van der Waals surface area contributed by atoms with Gasteiger partial charge in [0.1, 0.15) is 6.54 Å². The summed E-state index contributed by atoms with van der Waals surface area (Å²) in [5.74, 6) is -0.413. The predicted octanol–water partition coefficient (Wildman–Crippen LogP) is 3.91. The van der Waals surface area contributed by atoms with E-state index in [0.29, 0.717) is 26.6 Å². The molecule has 0 saturated heterocycles. The van der Waals surface area contributed by atoms with Crippen molar-refractivity contribution in [2.45, 2.75) is 11.4 Å². The quantitative estimate of drug-likeness (QED) is 0.474. The number of sulfonamides is 1. The fourth-order valence-electron chi connectivity index (χ4n) is 3.70. The van der Waals surface area contributed by atoms with Crippen molar-refractivity contribution < 1.29 is 13.2 Å². The van der Waals surface area contributed by atoms with Gasteiger partial charge in [0, 0.05) is 5.02 Å². The number of anilines is 2. The number of aromatic nitrogens is 1. The molecular formula is C22H16ClN3O4S2. The Hall–Kier alpha value is -3.14. The van der Waals surface area contributed by atoms with E-state index in [4.69, 9.17) is 11.6 Å². The Morgan fingerprint density at radius 2 is 1.75 bits per heavy atom. The first-order chi connectivity index (χ1) is 15.3. The molecule has 5 rings (SSSR count). The van der Waals surface area contributed by atoms with Crippen LogP contribution in [0.2, 0.25) is 5.02 Å². The second kappa shape index (κ2) is 7.77. The summed E-state index contributed by atoms with van der Waals surface area (Å²) in [4.78, 5) is 24.6. The molecule has 10 heteroatoms. The summed E-state index contributed by atoms with van der Waals surface area (Å²) in [6, 6.07) is 18.5. The number of carbonyl (C=O) groups excluding carboxylic acids is 1. The van der Waals surface area contributed by atoms with Gasteiger partial charge in [0.25, 0.3) is 10.0 Å². The van der Waals surface area contributed by atoms with Gasteiger partial charge < -0.3 is 5.32 Å². The van der Waals surface area contributed by atoms with Crippen LogP contribution in [-0.2, 0) is 21.4 Å². The molecule has 0 spiro atoms. The van der Waals surface area contributed by atoms with E-state index in [-0.39, 0.29) is 22.9 Å². The largest absolute Gasteiger partial charge is 0.323 e. The summed E-state index contributed by atoms with van der Waals surface area (Å²) in [6.07, 6.45) is 0. The maximum atomic E-state index is 13.4. The first-order valence-electron chi connectivity index (χ1n) is 9.63. The molecule has 3 aromatic carbocycles. The summed E-state index contributed by atoms with van der Waals surface area (Å²) in [5.41, 5.74) is 2.25. The monoisotopic (exact) mass is 485 g/mol. The molecule has 1 aliphatic rings. The molecule has 1 amide bonds. The van der Waals surface area contributed by atoms with Crippen LogP contribution in [0.3, 0.4) is 0 Å². The minimum atomic E-state index is -4.02. The molecule has 0 bridgehead atoms. The molecule has 0 fully saturated rings. The number of fused-ring (bicyclic) bond motifs is 2. The summed E-state index contributed by atoms with van der Waals surface area (Å²) in [5, 5.41) is 3.24. The number of nitrogens with zero attached hydrogens (tertiary/aromatic N) is 2. The molecule has 7 nitrogen and oxygen atoms in total. The van der Waals surface area contributed by atoms with Crippen molar-refractivity contribution in [3.8, 4) is 0 Å². The lowest BCUT2D eigenvalue weighted by atomic mass is 10.2. The van der Waals surface area contributed by atoms with E-state index in [1.807, 2.05) is 18.2 Å². The Kier molecular flexibility index (Phi) is 5.04. The lowest BCUT2D eigenvalue weighted by Crippen LogP contribution is -2.42. The van der Waals surface area contributed by atoms with Crippen LogP contribution in [0.4, 0.5) is 11.4 Å². The Bertz CT molecular complexity index is 1540. The minimum absolute atomic E-state index is 0.0145. The zero-order valence-corrected chi connectivity index (χ0v) is 18.9. The van der Waals surface area contributed by atoms with E-state index >= 15 is 0 Å². The highest BCUT2D eigenvalue weighted by molar-refractivity contribution is 7.93. The smallest absolute Gasteiger partial charge is 0.308 e. The van der Waals surface area contributed by atoms with Gasteiger partial charge in [-0.1, -0.05) is 53.3 Å². The number of rotatable bonds is 4. The van der Waals surface area contributed by atoms with E-state index in [2.05, 4.69) is 5.32 Å². The number of hydrogen-bond acceptors (Lipinski definition) is 5. The van der Waals surface area contributed by atoms with Crippen LogP contribution in [0.1, 0.15) is 5.56 Å². The van der Waals surface area contributed by atoms with Crippen molar-refractivity contribution in [2.24, 2.45) is 0 Å². The van der Waals surface area contributed by atoms with Gasteiger partial charge in [-0.05, 0) is 42.0 Å². The number of halogens is 1. The van der Waals surface area contributed by atoms with E-state index in [9.17, 15) is 18.0 Å². The molecule has 32 heavy (non-hydrogen) atoms. The molecule has 162 valence electrons. The van der Waals surface area contributed by atoms with Crippen LogP contribution in [0.15, 0.2) is 76.4 Å². The van der Waals surface area contributed by atoms with Crippen LogP contribution < -0.4 is 14.5 Å². The second-order valence-corrected chi connectivity index (χ2v) is 10.5. The van der Waals surface area contributed by atoms with Gasteiger partial charge >= 0.3 is 4.87 Å². The van der Waals surface area contributed by atoms with E-state index < -0.39 is 15.9 Å². The maximum absolute atomic E-state index is 13.4. The Morgan fingerprint density at radius 3 is 2.56 bits per heavy atom. The standard InChI is InChI=1S/C22H16ClN3O4S2/c23-16-6-2-1-5-14(16)12-25-19-10-9-15(11-20(19)31-22(25)28)32(29,30)26-13-21(27)24-17-7-3-4-8-18(17)26/h1-11H,12-13H2,(H,24,27). The third kappa shape index (κ3) is 3.48. The van der Waals surface area contributed by atoms with Crippen LogP contribution in [-0.4, -0.2) is 25.4 Å². The van der Waals surface area contributed by atoms with Crippen LogP contribution >= 0.6 is 22.9 Å². The maximum Gasteiger partial charge on any atom is 0.308 e. The summed E-state index contributed by atoms with van der Waals surface area (Å²) in [6.45, 7) is -0.0363. The third-order valence-corrected chi connectivity index (χ3v) is 8.31. The van der Waals surface area contributed by atoms with Gasteiger partial charge in [0.05, 0.1) is 33.0 Å². The molecule has 0 aliphatic carbocycles. The highest BCUT2D eigenvalue weighted by Gasteiger charge is 2.32. The molecule has 2 heterocycles. The lowest BCUT2D eigenvalue weighted by molar-refractivity contribution is -0.115. The number of carbonyl (C=O) groups is 1. The fourth-order valence-corrected chi connectivity index (χ4v) is 6.36. The van der Waals surface area contributed by atoms with Gasteiger partial charge in [0.2, 0.25) is 5.91 Å². The van der Waals surface area contributed by atoms with Crippen LogP contribution in [0.25, 0.3) is 10.2 Å². The second-order valence-electron chi connectivity index (χ2n) is 7.25. The summed E-state index contributed by atoms with van der Waals surface area (Å²) >= 11 is 7.21. The van der Waals surface area contributed by atoms with Gasteiger partial charge in [-0.3, -0.25) is 18.5 Å². The molecule has 4 aromatic rings. The Labute approximate surface area is 192 Å². The molecule has 0 saturated carbocycles. The first kappa shape index (κ1) is 20.7. The van der Waals surface area contributed by atoms with Crippen molar-refractivity contribution in [1.82, 2.24) is 4.57 Å². The molecule has 0 atom stereocenters. The normalized spacial score (nSPS) is 13.8. The van der Waals surface area contributed by atoms with Crippen molar-refractivity contribution in [3.05, 3.63) is 87.0 Å². The summed E-state index contributed by atoms with van der Waals surface area (Å²) < 4.78 is 30.0. The number of hydrogen-bond donors (Lipinski definition) is 1. The van der Waals surface area contributed by atoms with Crippen molar-refractivity contribution in [1.29, 1.82) is 0 Å². The average Bonchev–Trinajstić information content (AvgIpc) is 3.09. The van der Waals surface area contributed by atoms with E-state index in [0.717, 1.165) is 21.2 Å². The minimum Gasteiger partial charge on any atom is -0.323 e. The number of nitrogens with one attached hydrogen (secondary N) is 1. The average molecular weight is 486 g/mol. The summed E-state index contributed by atoms with van der Waals surface area (Å²) in [7, 11) is -4.02. The van der Waals surface area contributed by atoms with E-state index in [1.54, 1.807) is 41.0 Å². The predicted molar refractivity (Wildman–Crippen MR) is 126 cm³/mol. The van der Waals surface area contributed by atoms with Crippen LogP contribution in [0.5, 0.6) is 0 Å². The van der Waals surface area contributed by atoms with Crippen molar-refractivity contribution in [3.63, 3.8) is 0 Å².